The summed E-state index contributed by atoms with van der Waals surface area (Å²) in [5, 5.41) is 14.6. The first kappa shape index (κ1) is 25.3. The van der Waals surface area contributed by atoms with Crippen LogP contribution >= 0.6 is 11.6 Å². The van der Waals surface area contributed by atoms with Crippen molar-refractivity contribution in [1.82, 2.24) is 24.9 Å². The molecule has 1 saturated heterocycles. The average molecular weight is 531 g/mol. The van der Waals surface area contributed by atoms with Crippen molar-refractivity contribution in [2.75, 3.05) is 42.8 Å². The summed E-state index contributed by atoms with van der Waals surface area (Å²) in [5.41, 5.74) is 15.5. The van der Waals surface area contributed by atoms with E-state index in [0.717, 1.165) is 29.8 Å². The Bertz CT molecular complexity index is 1300. The maximum atomic E-state index is 11.8. The molecule has 3 aromatic rings. The van der Waals surface area contributed by atoms with Gasteiger partial charge in [0.05, 0.1) is 47.5 Å². The van der Waals surface area contributed by atoms with Crippen LogP contribution in [0.3, 0.4) is 0 Å². The van der Waals surface area contributed by atoms with Crippen LogP contribution in [0.25, 0.3) is 5.65 Å². The van der Waals surface area contributed by atoms with E-state index in [0.29, 0.717) is 53.8 Å². The second-order valence-corrected chi connectivity index (χ2v) is 9.50. The maximum Gasteiger partial charge on any atom is 0.407 e. The van der Waals surface area contributed by atoms with Crippen LogP contribution in [0.1, 0.15) is 24.1 Å². The summed E-state index contributed by atoms with van der Waals surface area (Å²) in [6.45, 7) is 1.58. The quantitative estimate of drug-likeness (QED) is 0.272. The number of methoxy groups -OCH3 is 2. The number of amides is 1. The number of imidazole rings is 1. The summed E-state index contributed by atoms with van der Waals surface area (Å²) in [5.74, 6) is 0.969. The summed E-state index contributed by atoms with van der Waals surface area (Å²) in [7, 11) is 2.94. The number of aromatic nitrogens is 4. The number of nitrogens with zero attached hydrogens (tertiary/aromatic N) is 5. The largest absolute Gasteiger partial charge is 0.453 e. The van der Waals surface area contributed by atoms with Crippen LogP contribution < -0.4 is 32.3 Å². The van der Waals surface area contributed by atoms with Crippen molar-refractivity contribution >= 4 is 46.5 Å². The number of fused-ring (bicyclic) bond motifs is 1. The van der Waals surface area contributed by atoms with Crippen molar-refractivity contribution in [1.29, 1.82) is 0 Å². The fourth-order valence-electron chi connectivity index (χ4n) is 4.42. The summed E-state index contributed by atoms with van der Waals surface area (Å²) >= 11 is 6.92. The fraction of sp³-hybridized carbons (Fsp3) is 0.478. The minimum atomic E-state index is -0.516. The van der Waals surface area contributed by atoms with Crippen LogP contribution in [-0.4, -0.2) is 71.2 Å². The van der Waals surface area contributed by atoms with E-state index in [4.69, 9.17) is 32.5 Å². The van der Waals surface area contributed by atoms with E-state index in [2.05, 4.69) is 31.0 Å². The number of hydrogen-bond donors (Lipinski definition) is 5. The van der Waals surface area contributed by atoms with Crippen LogP contribution in [0.5, 0.6) is 0 Å². The molecule has 198 valence electrons. The van der Waals surface area contributed by atoms with Gasteiger partial charge in [-0.2, -0.15) is 4.98 Å². The third-order valence-corrected chi connectivity index (χ3v) is 6.95. The molecule has 13 nitrogen and oxygen atoms in total. The second-order valence-electron chi connectivity index (χ2n) is 9.12. The molecule has 1 saturated carbocycles. The standard InChI is InChI=1S/C23H31ClN10O3/c1-36-18-11-33(10-16(18)30-23(35)37-2)17-6-12(7-25)5-15(19(17)24)29-22-31-20(28-13-3-4-13)21-27-9-14(8-26)34(21)32-22/h5-6,9,13,16,18H,3-4,7-8,10-11,25-26H2,1-2H3,(H,30,35)(H2,28,29,31,32)/t16-,18+/m0/s1. The Morgan fingerprint density at radius 3 is 2.70 bits per heavy atom. The maximum absolute atomic E-state index is 11.8. The van der Waals surface area contributed by atoms with Crippen molar-refractivity contribution in [2.45, 2.75) is 44.1 Å². The predicted molar refractivity (Wildman–Crippen MR) is 140 cm³/mol. The zero-order valence-corrected chi connectivity index (χ0v) is 21.5. The third-order valence-electron chi connectivity index (χ3n) is 6.55. The van der Waals surface area contributed by atoms with Crippen molar-refractivity contribution in [3.8, 4) is 0 Å². The number of hydrogen-bond acceptors (Lipinski definition) is 11. The zero-order valence-electron chi connectivity index (χ0n) is 20.7. The Labute approximate surface area is 218 Å². The minimum Gasteiger partial charge on any atom is -0.453 e. The van der Waals surface area contributed by atoms with E-state index in [9.17, 15) is 4.79 Å². The highest BCUT2D eigenvalue weighted by Crippen LogP contribution is 2.38. The molecule has 2 aromatic heterocycles. The first-order valence-electron chi connectivity index (χ1n) is 12.1. The molecule has 0 unspecified atom stereocenters. The van der Waals surface area contributed by atoms with Gasteiger partial charge >= 0.3 is 6.09 Å². The molecular formula is C23H31ClN10O3. The Kier molecular flexibility index (Phi) is 7.20. The Balaban J connectivity index is 1.48. The molecule has 0 spiro atoms. The molecule has 37 heavy (non-hydrogen) atoms. The number of alkyl carbamates (subject to hydrolysis) is 1. The number of carbonyl (C=O) groups is 1. The van der Waals surface area contributed by atoms with Gasteiger partial charge in [-0.05, 0) is 30.5 Å². The monoisotopic (exact) mass is 530 g/mol. The van der Waals surface area contributed by atoms with E-state index in [1.807, 2.05) is 17.0 Å². The van der Waals surface area contributed by atoms with Crippen LogP contribution in [0.15, 0.2) is 18.3 Å². The second kappa shape index (κ2) is 10.5. The van der Waals surface area contributed by atoms with Gasteiger partial charge in [-0.3, -0.25) is 0 Å². The number of anilines is 4. The van der Waals surface area contributed by atoms with Gasteiger partial charge in [0.25, 0.3) is 0 Å². The average Bonchev–Trinajstić information content (AvgIpc) is 3.47. The van der Waals surface area contributed by atoms with Gasteiger partial charge in [0.1, 0.15) is 0 Å². The Morgan fingerprint density at radius 2 is 2.03 bits per heavy atom. The molecule has 3 heterocycles. The lowest BCUT2D eigenvalue weighted by atomic mass is 10.1. The first-order chi connectivity index (χ1) is 17.9. The molecule has 1 aliphatic carbocycles. The molecule has 14 heteroatoms. The van der Waals surface area contributed by atoms with Crippen LogP contribution in [0.2, 0.25) is 5.02 Å². The van der Waals surface area contributed by atoms with Crippen LogP contribution in [0.4, 0.5) is 27.9 Å². The summed E-state index contributed by atoms with van der Waals surface area (Å²) in [6, 6.07) is 3.91. The van der Waals surface area contributed by atoms with Gasteiger partial charge in [0, 0.05) is 39.3 Å². The summed E-state index contributed by atoms with van der Waals surface area (Å²) in [6.07, 6.45) is 3.11. The SMILES string of the molecule is COC(=O)N[C@H]1CN(c2cc(CN)cc(Nc3nc(NC4CC4)c4ncc(CN)n4n3)c2Cl)C[C@H]1OC. The predicted octanol–water partition coefficient (Wildman–Crippen LogP) is 1.57. The highest BCUT2D eigenvalue weighted by molar-refractivity contribution is 6.36. The normalized spacial score (nSPS) is 19.3. The van der Waals surface area contributed by atoms with Crippen molar-refractivity contribution < 1.29 is 14.3 Å². The fourth-order valence-corrected chi connectivity index (χ4v) is 4.70. The van der Waals surface area contributed by atoms with E-state index in [-0.39, 0.29) is 18.7 Å². The number of halogens is 1. The van der Waals surface area contributed by atoms with Gasteiger partial charge in [-0.1, -0.05) is 11.6 Å². The van der Waals surface area contributed by atoms with Crippen molar-refractivity contribution in [2.24, 2.45) is 11.5 Å². The number of benzene rings is 1. The molecular weight excluding hydrogens is 500 g/mol. The molecule has 2 aliphatic rings. The van der Waals surface area contributed by atoms with E-state index < -0.39 is 6.09 Å². The number of ether oxygens (including phenoxy) is 2. The Hall–Kier alpha value is -3.39. The number of nitrogens with one attached hydrogen (secondary N) is 3. The van der Waals surface area contributed by atoms with E-state index >= 15 is 0 Å². The molecule has 1 aliphatic heterocycles. The molecule has 2 atom stereocenters. The van der Waals surface area contributed by atoms with Crippen molar-refractivity contribution in [3.05, 3.63) is 34.6 Å². The van der Waals surface area contributed by atoms with E-state index in [1.54, 1.807) is 17.8 Å². The van der Waals surface area contributed by atoms with Gasteiger partial charge < -0.3 is 41.8 Å². The van der Waals surface area contributed by atoms with Crippen LogP contribution in [0, 0.1) is 0 Å². The van der Waals surface area contributed by atoms with Gasteiger partial charge in [0.15, 0.2) is 11.5 Å². The van der Waals surface area contributed by atoms with Gasteiger partial charge in [-0.25, -0.2) is 14.3 Å². The molecule has 0 bridgehead atoms. The third kappa shape index (κ3) is 5.21. The minimum absolute atomic E-state index is 0.245. The lowest BCUT2D eigenvalue weighted by Gasteiger charge is -2.23. The zero-order chi connectivity index (χ0) is 26.1. The lowest BCUT2D eigenvalue weighted by Crippen LogP contribution is -2.43. The van der Waals surface area contributed by atoms with Gasteiger partial charge in [-0.15, -0.1) is 5.10 Å². The molecule has 1 amide bonds. The smallest absolute Gasteiger partial charge is 0.407 e. The molecule has 2 fully saturated rings. The number of nitrogens with two attached hydrogens (primary N) is 2. The van der Waals surface area contributed by atoms with E-state index in [1.165, 1.54) is 7.11 Å². The molecule has 0 radical (unpaired) electrons. The molecule has 5 rings (SSSR count). The highest BCUT2D eigenvalue weighted by atomic mass is 35.5. The highest BCUT2D eigenvalue weighted by Gasteiger charge is 2.35. The summed E-state index contributed by atoms with van der Waals surface area (Å²) in [4.78, 5) is 23.0. The Morgan fingerprint density at radius 1 is 1.22 bits per heavy atom. The summed E-state index contributed by atoms with van der Waals surface area (Å²) < 4.78 is 12.1. The molecule has 7 N–H and O–H groups in total. The first-order valence-corrected chi connectivity index (χ1v) is 12.4. The number of carbonyl (C=O) groups excluding carboxylic acids is 1. The number of rotatable bonds is 9. The van der Waals surface area contributed by atoms with Gasteiger partial charge in [0.2, 0.25) is 5.95 Å². The topological polar surface area (TPSA) is 170 Å². The molecule has 1 aromatic carbocycles. The lowest BCUT2D eigenvalue weighted by molar-refractivity contribution is 0.0922. The van der Waals surface area contributed by atoms with Crippen molar-refractivity contribution in [3.63, 3.8) is 0 Å². The van der Waals surface area contributed by atoms with Crippen LogP contribution in [-0.2, 0) is 22.6 Å².